The minimum Gasteiger partial charge on any atom is -0.450 e. The van der Waals surface area contributed by atoms with E-state index in [9.17, 15) is 10.1 Å². The summed E-state index contributed by atoms with van der Waals surface area (Å²) in [5, 5.41) is 11.7. The van der Waals surface area contributed by atoms with Gasteiger partial charge in [-0.05, 0) is 30.2 Å². The molecular formula is C15H15ClN2O3. The molecule has 0 bridgehead atoms. The van der Waals surface area contributed by atoms with E-state index in [-0.39, 0.29) is 18.0 Å². The highest BCUT2D eigenvalue weighted by molar-refractivity contribution is 6.30. The number of ether oxygens (including phenoxy) is 1. The van der Waals surface area contributed by atoms with Crippen LogP contribution in [-0.4, -0.2) is 4.92 Å². The largest absolute Gasteiger partial charge is 0.450 e. The fraction of sp³-hybridized carbons (Fsp3) is 0.200. The van der Waals surface area contributed by atoms with Gasteiger partial charge >= 0.3 is 5.69 Å². The molecule has 0 aliphatic rings. The Labute approximate surface area is 127 Å². The molecule has 5 nitrogen and oxygen atoms in total. The van der Waals surface area contributed by atoms with Crippen molar-refractivity contribution in [2.24, 2.45) is 5.73 Å². The smallest absolute Gasteiger partial charge is 0.311 e. The average molecular weight is 307 g/mol. The van der Waals surface area contributed by atoms with Gasteiger partial charge in [-0.3, -0.25) is 10.1 Å². The van der Waals surface area contributed by atoms with Gasteiger partial charge in [-0.25, -0.2) is 0 Å². The lowest BCUT2D eigenvalue weighted by Gasteiger charge is -2.11. The van der Waals surface area contributed by atoms with Crippen LogP contribution in [0.4, 0.5) is 5.69 Å². The van der Waals surface area contributed by atoms with Crippen molar-refractivity contribution in [3.8, 4) is 11.5 Å². The number of benzene rings is 2. The minimum absolute atomic E-state index is 0.0719. The number of nitrogens with two attached hydrogens (primary N) is 1. The van der Waals surface area contributed by atoms with Crippen LogP contribution in [0, 0.1) is 10.1 Å². The average Bonchev–Trinajstić information content (AvgIpc) is 2.47. The standard InChI is InChI=1S/C15H15ClN2O3/c1-2-10-3-6-14(13(7-10)18(19)20)21-15-8-12(16)5-4-11(15)9-17/h3-8H,2,9,17H2,1H3. The molecule has 0 radical (unpaired) electrons. The third kappa shape index (κ3) is 3.51. The molecule has 21 heavy (non-hydrogen) atoms. The van der Waals surface area contributed by atoms with Gasteiger partial charge in [0, 0.05) is 23.2 Å². The fourth-order valence-corrected chi connectivity index (χ4v) is 2.08. The lowest BCUT2D eigenvalue weighted by Crippen LogP contribution is -2.01. The Morgan fingerprint density at radius 3 is 2.62 bits per heavy atom. The zero-order chi connectivity index (χ0) is 15.4. The second-order valence-electron chi connectivity index (χ2n) is 4.47. The van der Waals surface area contributed by atoms with E-state index in [1.165, 1.54) is 6.07 Å². The van der Waals surface area contributed by atoms with Crippen molar-refractivity contribution in [3.05, 3.63) is 62.7 Å². The third-order valence-corrected chi connectivity index (χ3v) is 3.33. The number of hydrogen-bond acceptors (Lipinski definition) is 4. The predicted octanol–water partition coefficient (Wildman–Crippen LogP) is 4.06. The number of nitro groups is 1. The Bertz CT molecular complexity index is 674. The van der Waals surface area contributed by atoms with Crippen molar-refractivity contribution >= 4 is 17.3 Å². The number of aryl methyl sites for hydroxylation is 1. The summed E-state index contributed by atoms with van der Waals surface area (Å²) >= 11 is 5.94. The molecule has 0 spiro atoms. The first-order chi connectivity index (χ1) is 10.0. The number of hydrogen-bond donors (Lipinski definition) is 1. The molecule has 2 aromatic rings. The Balaban J connectivity index is 2.44. The maximum absolute atomic E-state index is 11.2. The van der Waals surface area contributed by atoms with Crippen molar-refractivity contribution in [2.75, 3.05) is 0 Å². The highest BCUT2D eigenvalue weighted by Gasteiger charge is 2.17. The number of nitrogens with zero attached hydrogens (tertiary/aromatic N) is 1. The lowest BCUT2D eigenvalue weighted by molar-refractivity contribution is -0.385. The van der Waals surface area contributed by atoms with E-state index in [0.29, 0.717) is 17.2 Å². The summed E-state index contributed by atoms with van der Waals surface area (Å²) in [6.07, 6.45) is 0.715. The molecule has 0 aliphatic carbocycles. The van der Waals surface area contributed by atoms with Crippen molar-refractivity contribution in [2.45, 2.75) is 19.9 Å². The zero-order valence-electron chi connectivity index (χ0n) is 11.5. The quantitative estimate of drug-likeness (QED) is 0.667. The first kappa shape index (κ1) is 15.3. The molecular weight excluding hydrogens is 292 g/mol. The summed E-state index contributed by atoms with van der Waals surface area (Å²) in [6, 6.07) is 9.95. The first-order valence-electron chi connectivity index (χ1n) is 6.48. The summed E-state index contributed by atoms with van der Waals surface area (Å²) in [7, 11) is 0. The minimum atomic E-state index is -0.457. The number of halogens is 1. The van der Waals surface area contributed by atoms with Gasteiger partial charge in [-0.15, -0.1) is 0 Å². The Morgan fingerprint density at radius 1 is 1.24 bits per heavy atom. The molecule has 0 aliphatic heterocycles. The molecule has 0 unspecified atom stereocenters. The second-order valence-corrected chi connectivity index (χ2v) is 4.91. The zero-order valence-corrected chi connectivity index (χ0v) is 12.3. The summed E-state index contributed by atoms with van der Waals surface area (Å²) in [5.41, 5.74) is 7.17. The van der Waals surface area contributed by atoms with Crippen LogP contribution in [0.2, 0.25) is 5.02 Å². The SMILES string of the molecule is CCc1ccc(Oc2cc(Cl)ccc2CN)c([N+](=O)[O-])c1. The number of rotatable bonds is 5. The van der Waals surface area contributed by atoms with Crippen LogP contribution >= 0.6 is 11.6 Å². The molecule has 2 aromatic carbocycles. The van der Waals surface area contributed by atoms with Crippen LogP contribution < -0.4 is 10.5 Å². The molecule has 0 amide bonds. The topological polar surface area (TPSA) is 78.4 Å². The van der Waals surface area contributed by atoms with Crippen LogP contribution in [0.1, 0.15) is 18.1 Å². The number of nitro benzene ring substituents is 1. The van der Waals surface area contributed by atoms with Crippen molar-refractivity contribution in [1.82, 2.24) is 0 Å². The lowest BCUT2D eigenvalue weighted by atomic mass is 10.1. The third-order valence-electron chi connectivity index (χ3n) is 3.10. The van der Waals surface area contributed by atoms with Crippen LogP contribution in [0.5, 0.6) is 11.5 Å². The molecule has 0 atom stereocenters. The Hall–Kier alpha value is -2.11. The summed E-state index contributed by atoms with van der Waals surface area (Å²) in [5.74, 6) is 0.603. The maximum Gasteiger partial charge on any atom is 0.311 e. The molecule has 0 aromatic heterocycles. The van der Waals surface area contributed by atoms with Gasteiger partial charge in [0.2, 0.25) is 5.75 Å². The van der Waals surface area contributed by atoms with E-state index in [0.717, 1.165) is 11.1 Å². The highest BCUT2D eigenvalue weighted by atomic mass is 35.5. The Morgan fingerprint density at radius 2 is 2.00 bits per heavy atom. The van der Waals surface area contributed by atoms with Gasteiger partial charge < -0.3 is 10.5 Å². The van der Waals surface area contributed by atoms with Gasteiger partial charge in [0.05, 0.1) is 4.92 Å². The van der Waals surface area contributed by atoms with E-state index in [4.69, 9.17) is 22.1 Å². The first-order valence-corrected chi connectivity index (χ1v) is 6.86. The maximum atomic E-state index is 11.2. The molecule has 6 heteroatoms. The highest BCUT2D eigenvalue weighted by Crippen LogP contribution is 2.34. The van der Waals surface area contributed by atoms with Gasteiger partial charge in [0.15, 0.2) is 0 Å². The van der Waals surface area contributed by atoms with Crippen molar-refractivity contribution in [3.63, 3.8) is 0 Å². The normalized spacial score (nSPS) is 10.4. The summed E-state index contributed by atoms with van der Waals surface area (Å²) < 4.78 is 5.67. The molecule has 0 saturated carbocycles. The van der Waals surface area contributed by atoms with Crippen LogP contribution in [0.25, 0.3) is 0 Å². The molecule has 0 heterocycles. The molecule has 0 fully saturated rings. The predicted molar refractivity (Wildman–Crippen MR) is 81.9 cm³/mol. The summed E-state index contributed by atoms with van der Waals surface area (Å²) in [4.78, 5) is 10.7. The molecule has 110 valence electrons. The van der Waals surface area contributed by atoms with Crippen LogP contribution in [0.15, 0.2) is 36.4 Å². The van der Waals surface area contributed by atoms with E-state index in [1.54, 1.807) is 30.3 Å². The Kier molecular flexibility index (Phi) is 4.77. The summed E-state index contributed by atoms with van der Waals surface area (Å²) in [6.45, 7) is 2.19. The van der Waals surface area contributed by atoms with E-state index < -0.39 is 4.92 Å². The van der Waals surface area contributed by atoms with Crippen molar-refractivity contribution < 1.29 is 9.66 Å². The van der Waals surface area contributed by atoms with Crippen LogP contribution in [-0.2, 0) is 13.0 Å². The van der Waals surface area contributed by atoms with Gasteiger partial charge in [0.25, 0.3) is 0 Å². The van der Waals surface area contributed by atoms with E-state index >= 15 is 0 Å². The monoisotopic (exact) mass is 306 g/mol. The fourth-order valence-electron chi connectivity index (χ4n) is 1.92. The molecule has 0 saturated heterocycles. The van der Waals surface area contributed by atoms with Crippen molar-refractivity contribution in [1.29, 1.82) is 0 Å². The van der Waals surface area contributed by atoms with E-state index in [2.05, 4.69) is 0 Å². The van der Waals surface area contributed by atoms with Gasteiger partial charge in [-0.1, -0.05) is 30.7 Å². The van der Waals surface area contributed by atoms with E-state index in [1.807, 2.05) is 6.92 Å². The molecule has 2 rings (SSSR count). The van der Waals surface area contributed by atoms with Gasteiger partial charge in [-0.2, -0.15) is 0 Å². The van der Waals surface area contributed by atoms with Crippen LogP contribution in [0.3, 0.4) is 0 Å². The second kappa shape index (κ2) is 6.56. The van der Waals surface area contributed by atoms with Gasteiger partial charge in [0.1, 0.15) is 5.75 Å². The molecule has 2 N–H and O–H groups in total.